The Labute approximate surface area is 115 Å². The van der Waals surface area contributed by atoms with Crippen molar-refractivity contribution in [2.24, 2.45) is 11.1 Å². The Hall–Kier alpha value is -0.880. The highest BCUT2D eigenvalue weighted by molar-refractivity contribution is 7.89. The number of aromatic nitrogens is 2. The molecule has 1 fully saturated rings. The first-order valence-corrected chi connectivity index (χ1v) is 8.52. The van der Waals surface area contributed by atoms with Gasteiger partial charge in [-0.1, -0.05) is 33.1 Å². The van der Waals surface area contributed by atoms with Crippen molar-refractivity contribution < 1.29 is 8.42 Å². The third-order valence-corrected chi connectivity index (χ3v) is 4.55. The first kappa shape index (κ1) is 14.5. The van der Waals surface area contributed by atoms with Gasteiger partial charge in [0, 0.05) is 18.7 Å². The highest BCUT2D eigenvalue weighted by Crippen LogP contribution is 2.27. The quantitative estimate of drug-likeness (QED) is 0.921. The largest absolute Gasteiger partial charge is 0.333 e. The van der Waals surface area contributed by atoms with Crippen molar-refractivity contribution in [3.63, 3.8) is 0 Å². The number of primary sulfonamides is 1. The lowest BCUT2D eigenvalue weighted by Crippen LogP contribution is -2.16. The molecule has 108 valence electrons. The number of sulfonamides is 1. The first-order valence-electron chi connectivity index (χ1n) is 6.98. The molecule has 0 aliphatic heterocycles. The molecule has 0 saturated heterocycles. The molecule has 0 spiro atoms. The van der Waals surface area contributed by atoms with E-state index < -0.39 is 10.0 Å². The monoisotopic (exact) mass is 285 g/mol. The van der Waals surface area contributed by atoms with Gasteiger partial charge in [-0.2, -0.15) is 0 Å². The molecule has 2 N–H and O–H groups in total. The Morgan fingerprint density at radius 3 is 2.53 bits per heavy atom. The molecule has 6 heteroatoms. The maximum atomic E-state index is 11.4. The lowest BCUT2D eigenvalue weighted by molar-refractivity contribution is 0.314. The third-order valence-electron chi connectivity index (χ3n) is 3.77. The molecular formula is C13H23N3O2S. The average Bonchev–Trinajstić information content (AvgIpc) is 2.74. The summed E-state index contributed by atoms with van der Waals surface area (Å²) in [5, 5.41) is 5.16. The molecular weight excluding hydrogens is 262 g/mol. The predicted octanol–water partition coefficient (Wildman–Crippen LogP) is 2.23. The predicted molar refractivity (Wildman–Crippen MR) is 74.3 cm³/mol. The van der Waals surface area contributed by atoms with Gasteiger partial charge in [0.1, 0.15) is 5.82 Å². The van der Waals surface area contributed by atoms with Crippen LogP contribution in [0.15, 0.2) is 11.2 Å². The minimum absolute atomic E-state index is 0.00740. The highest BCUT2D eigenvalue weighted by atomic mass is 32.2. The van der Waals surface area contributed by atoms with Gasteiger partial charge in [-0.05, 0) is 18.8 Å². The van der Waals surface area contributed by atoms with E-state index in [9.17, 15) is 8.42 Å². The number of hydrogen-bond acceptors (Lipinski definition) is 3. The van der Waals surface area contributed by atoms with E-state index in [1.165, 1.54) is 32.1 Å². The summed E-state index contributed by atoms with van der Waals surface area (Å²) in [5.41, 5.74) is 0. The number of imidazole rings is 1. The van der Waals surface area contributed by atoms with Crippen molar-refractivity contribution in [2.45, 2.75) is 63.4 Å². The zero-order valence-electron chi connectivity index (χ0n) is 11.7. The molecule has 1 aliphatic rings. The summed E-state index contributed by atoms with van der Waals surface area (Å²) in [5.74, 6) is 1.64. The molecule has 1 saturated carbocycles. The molecule has 5 nitrogen and oxygen atoms in total. The van der Waals surface area contributed by atoms with Crippen LogP contribution in [0.4, 0.5) is 0 Å². The molecule has 1 aromatic heterocycles. The number of nitrogens with zero attached hydrogens (tertiary/aromatic N) is 2. The average molecular weight is 285 g/mol. The molecule has 19 heavy (non-hydrogen) atoms. The summed E-state index contributed by atoms with van der Waals surface area (Å²) >= 11 is 0. The van der Waals surface area contributed by atoms with Crippen LogP contribution in [0.3, 0.4) is 0 Å². The molecule has 2 rings (SSSR count). The Morgan fingerprint density at radius 1 is 1.37 bits per heavy atom. The number of hydrogen-bond donors (Lipinski definition) is 1. The molecule has 1 aliphatic carbocycles. The molecule has 0 bridgehead atoms. The summed E-state index contributed by atoms with van der Waals surface area (Å²) in [6.07, 6.45) is 7.91. The van der Waals surface area contributed by atoms with Crippen LogP contribution in [0.5, 0.6) is 0 Å². The normalized spacial score (nSPS) is 18.1. The van der Waals surface area contributed by atoms with Gasteiger partial charge in [-0.25, -0.2) is 18.5 Å². The van der Waals surface area contributed by atoms with E-state index in [2.05, 4.69) is 4.98 Å². The number of rotatable bonds is 4. The fourth-order valence-electron chi connectivity index (χ4n) is 2.80. The van der Waals surface area contributed by atoms with Crippen LogP contribution in [0.1, 0.15) is 57.7 Å². The van der Waals surface area contributed by atoms with E-state index in [0.717, 1.165) is 12.4 Å². The lowest BCUT2D eigenvalue weighted by Gasteiger charge is -2.23. The van der Waals surface area contributed by atoms with Crippen LogP contribution in [-0.4, -0.2) is 18.0 Å². The van der Waals surface area contributed by atoms with E-state index in [1.54, 1.807) is 6.20 Å². The van der Waals surface area contributed by atoms with Crippen LogP contribution in [0.2, 0.25) is 0 Å². The summed E-state index contributed by atoms with van der Waals surface area (Å²) in [6.45, 7) is 4.90. The Morgan fingerprint density at radius 2 is 2.00 bits per heavy atom. The van der Waals surface area contributed by atoms with Crippen LogP contribution in [0.25, 0.3) is 0 Å². The van der Waals surface area contributed by atoms with Gasteiger partial charge < -0.3 is 4.57 Å². The second kappa shape index (κ2) is 5.63. The highest BCUT2D eigenvalue weighted by Gasteiger charge is 2.21. The van der Waals surface area contributed by atoms with Crippen LogP contribution < -0.4 is 5.14 Å². The van der Waals surface area contributed by atoms with Crippen molar-refractivity contribution in [1.82, 2.24) is 9.55 Å². The van der Waals surface area contributed by atoms with Crippen LogP contribution in [-0.2, 0) is 16.6 Å². The Kier molecular flexibility index (Phi) is 4.30. The fraction of sp³-hybridized carbons (Fsp3) is 0.769. The number of nitrogens with two attached hydrogens (primary N) is 1. The van der Waals surface area contributed by atoms with Gasteiger partial charge in [0.25, 0.3) is 10.0 Å². The molecule has 0 aromatic carbocycles. The van der Waals surface area contributed by atoms with Crippen molar-refractivity contribution in [3.8, 4) is 0 Å². The summed E-state index contributed by atoms with van der Waals surface area (Å²) in [4.78, 5) is 4.20. The van der Waals surface area contributed by atoms with Gasteiger partial charge in [0.2, 0.25) is 0 Å². The van der Waals surface area contributed by atoms with E-state index in [4.69, 9.17) is 5.14 Å². The first-order chi connectivity index (χ1) is 8.88. The van der Waals surface area contributed by atoms with Gasteiger partial charge in [0.05, 0.1) is 0 Å². The maximum Gasteiger partial charge on any atom is 0.257 e. The topological polar surface area (TPSA) is 78.0 Å². The zero-order valence-corrected chi connectivity index (χ0v) is 12.5. The lowest BCUT2D eigenvalue weighted by atomic mass is 9.89. The van der Waals surface area contributed by atoms with Crippen molar-refractivity contribution in [2.75, 3.05) is 0 Å². The maximum absolute atomic E-state index is 11.4. The van der Waals surface area contributed by atoms with E-state index in [0.29, 0.717) is 5.92 Å². The fourth-order valence-corrected chi connectivity index (χ4v) is 3.29. The Balaban J connectivity index is 2.24. The van der Waals surface area contributed by atoms with Crippen molar-refractivity contribution in [1.29, 1.82) is 0 Å². The minimum atomic E-state index is -3.71. The smallest absolute Gasteiger partial charge is 0.257 e. The summed E-state index contributed by atoms with van der Waals surface area (Å²) < 4.78 is 24.8. The van der Waals surface area contributed by atoms with E-state index >= 15 is 0 Å². The third kappa shape index (κ3) is 3.57. The molecule has 0 amide bonds. The molecule has 1 aromatic rings. The second-order valence-electron chi connectivity index (χ2n) is 5.79. The second-order valence-corrected chi connectivity index (χ2v) is 7.30. The SMILES string of the molecule is CC(C)c1nc(S(N)(=O)=O)cn1CC1CCCCC1. The van der Waals surface area contributed by atoms with Crippen LogP contribution >= 0.6 is 0 Å². The molecule has 1 heterocycles. The van der Waals surface area contributed by atoms with E-state index in [-0.39, 0.29) is 10.9 Å². The van der Waals surface area contributed by atoms with Gasteiger partial charge >= 0.3 is 0 Å². The summed E-state index contributed by atoms with van der Waals surface area (Å²) in [7, 11) is -3.71. The molecule has 0 atom stereocenters. The molecule has 0 radical (unpaired) electrons. The Bertz CT molecular complexity index is 528. The van der Waals surface area contributed by atoms with Crippen molar-refractivity contribution in [3.05, 3.63) is 12.0 Å². The van der Waals surface area contributed by atoms with E-state index in [1.807, 2.05) is 18.4 Å². The zero-order chi connectivity index (χ0) is 14.0. The standard InChI is InChI=1S/C13H23N3O2S/c1-10(2)13-15-12(19(14,17)18)9-16(13)8-11-6-4-3-5-7-11/h9-11H,3-8H2,1-2H3,(H2,14,17,18). The molecule has 0 unspecified atom stereocenters. The van der Waals surface area contributed by atoms with Gasteiger partial charge in [-0.15, -0.1) is 0 Å². The van der Waals surface area contributed by atoms with Gasteiger partial charge in [-0.3, -0.25) is 0 Å². The van der Waals surface area contributed by atoms with Gasteiger partial charge in [0.15, 0.2) is 5.03 Å². The minimum Gasteiger partial charge on any atom is -0.333 e. The van der Waals surface area contributed by atoms with Crippen molar-refractivity contribution >= 4 is 10.0 Å². The van der Waals surface area contributed by atoms with Crippen LogP contribution in [0, 0.1) is 5.92 Å². The summed E-state index contributed by atoms with van der Waals surface area (Å²) in [6, 6.07) is 0.